The van der Waals surface area contributed by atoms with E-state index in [0.29, 0.717) is 6.04 Å². The molecule has 1 aromatic heterocycles. The number of nitrogens with zero attached hydrogens (tertiary/aromatic N) is 2. The van der Waals surface area contributed by atoms with E-state index in [-0.39, 0.29) is 0 Å². The second kappa shape index (κ2) is 8.37. The molecule has 0 fully saturated rings. The molecule has 1 unspecified atom stereocenters. The summed E-state index contributed by atoms with van der Waals surface area (Å²) in [5.41, 5.74) is 0. The fourth-order valence-electron chi connectivity index (χ4n) is 2.08. The van der Waals surface area contributed by atoms with Gasteiger partial charge in [-0.1, -0.05) is 51.9 Å². The minimum absolute atomic E-state index is 0.609. The fraction of sp³-hybridized carbons (Fsp3) is 0.786. The number of aromatic nitrogens is 2. The third-order valence-electron chi connectivity index (χ3n) is 3.26. The van der Waals surface area contributed by atoms with Crippen LogP contribution in [0.5, 0.6) is 0 Å². The van der Waals surface area contributed by atoms with Crippen molar-refractivity contribution in [2.75, 3.05) is 0 Å². The van der Waals surface area contributed by atoms with E-state index in [1.54, 1.807) is 0 Å². The Morgan fingerprint density at radius 1 is 1.06 bits per heavy atom. The first kappa shape index (κ1) is 13.3. The summed E-state index contributed by atoms with van der Waals surface area (Å²) in [5, 5.41) is 0. The lowest BCUT2D eigenvalue weighted by Crippen LogP contribution is -2.01. The SMILES string of the molecule is CCCCCCCCCC(C)n1ccnc1. The Morgan fingerprint density at radius 2 is 1.75 bits per heavy atom. The minimum atomic E-state index is 0.609. The van der Waals surface area contributed by atoms with Crippen molar-refractivity contribution in [1.29, 1.82) is 0 Å². The Labute approximate surface area is 100 Å². The highest BCUT2D eigenvalue weighted by Crippen LogP contribution is 2.15. The van der Waals surface area contributed by atoms with Crippen LogP contribution >= 0.6 is 0 Å². The molecule has 0 aliphatic rings. The predicted molar refractivity (Wildman–Crippen MR) is 69.5 cm³/mol. The molecular formula is C14H26N2. The van der Waals surface area contributed by atoms with E-state index >= 15 is 0 Å². The van der Waals surface area contributed by atoms with Gasteiger partial charge in [0.05, 0.1) is 6.33 Å². The molecule has 0 aliphatic carbocycles. The molecular weight excluding hydrogens is 196 g/mol. The van der Waals surface area contributed by atoms with Gasteiger partial charge in [-0.15, -0.1) is 0 Å². The molecule has 2 heteroatoms. The Bertz CT molecular complexity index is 241. The van der Waals surface area contributed by atoms with Crippen LogP contribution in [0.15, 0.2) is 18.7 Å². The molecule has 0 bridgehead atoms. The lowest BCUT2D eigenvalue weighted by atomic mass is 10.1. The Hall–Kier alpha value is -0.790. The van der Waals surface area contributed by atoms with Crippen LogP contribution in [0.25, 0.3) is 0 Å². The first-order valence-corrected chi connectivity index (χ1v) is 6.82. The van der Waals surface area contributed by atoms with Crippen LogP contribution in [0, 0.1) is 0 Å². The summed E-state index contributed by atoms with van der Waals surface area (Å²) in [6.07, 6.45) is 16.9. The van der Waals surface area contributed by atoms with Crippen LogP contribution in [-0.2, 0) is 0 Å². The standard InChI is InChI=1S/C14H26N2/c1-3-4-5-6-7-8-9-10-14(2)16-12-11-15-13-16/h11-14H,3-10H2,1-2H3. The number of imidazole rings is 1. The number of rotatable bonds is 9. The highest BCUT2D eigenvalue weighted by molar-refractivity contribution is 4.78. The predicted octanol–water partition coefficient (Wildman–Crippen LogP) is 4.58. The van der Waals surface area contributed by atoms with E-state index in [0.717, 1.165) is 0 Å². The lowest BCUT2D eigenvalue weighted by molar-refractivity contribution is 0.466. The summed E-state index contributed by atoms with van der Waals surface area (Å²) in [5.74, 6) is 0. The maximum absolute atomic E-state index is 4.08. The summed E-state index contributed by atoms with van der Waals surface area (Å²) in [4.78, 5) is 4.08. The summed E-state index contributed by atoms with van der Waals surface area (Å²) in [6, 6.07) is 0.609. The van der Waals surface area contributed by atoms with E-state index < -0.39 is 0 Å². The first-order valence-electron chi connectivity index (χ1n) is 6.82. The Balaban J connectivity index is 1.95. The zero-order chi connectivity index (χ0) is 11.6. The van der Waals surface area contributed by atoms with Crippen molar-refractivity contribution in [3.05, 3.63) is 18.7 Å². The molecule has 16 heavy (non-hydrogen) atoms. The molecule has 0 aliphatic heterocycles. The summed E-state index contributed by atoms with van der Waals surface area (Å²) in [7, 11) is 0. The van der Waals surface area contributed by atoms with Gasteiger partial charge in [0.1, 0.15) is 0 Å². The van der Waals surface area contributed by atoms with Crippen LogP contribution in [0.4, 0.5) is 0 Å². The first-order chi connectivity index (χ1) is 7.84. The topological polar surface area (TPSA) is 17.8 Å². The normalized spacial score (nSPS) is 12.9. The molecule has 1 rings (SSSR count). The Morgan fingerprint density at radius 3 is 2.38 bits per heavy atom. The van der Waals surface area contributed by atoms with E-state index in [1.807, 2.05) is 12.5 Å². The van der Waals surface area contributed by atoms with E-state index in [9.17, 15) is 0 Å². The van der Waals surface area contributed by atoms with Gasteiger partial charge in [-0.2, -0.15) is 0 Å². The van der Waals surface area contributed by atoms with Crippen LogP contribution in [-0.4, -0.2) is 9.55 Å². The molecule has 0 amide bonds. The molecule has 0 saturated heterocycles. The number of hydrogen-bond acceptors (Lipinski definition) is 1. The largest absolute Gasteiger partial charge is 0.335 e. The number of hydrogen-bond donors (Lipinski definition) is 0. The minimum Gasteiger partial charge on any atom is -0.335 e. The van der Waals surface area contributed by atoms with Gasteiger partial charge in [0, 0.05) is 18.4 Å². The molecule has 0 radical (unpaired) electrons. The van der Waals surface area contributed by atoms with Crippen LogP contribution in [0.3, 0.4) is 0 Å². The maximum Gasteiger partial charge on any atom is 0.0948 e. The average Bonchev–Trinajstić information content (AvgIpc) is 2.81. The Kier molecular flexibility index (Phi) is 6.95. The molecule has 0 saturated carbocycles. The van der Waals surface area contributed by atoms with Gasteiger partial charge in [-0.3, -0.25) is 0 Å². The van der Waals surface area contributed by atoms with Gasteiger partial charge in [0.25, 0.3) is 0 Å². The molecule has 2 nitrogen and oxygen atoms in total. The van der Waals surface area contributed by atoms with Gasteiger partial charge in [-0.05, 0) is 13.3 Å². The lowest BCUT2D eigenvalue weighted by Gasteiger charge is -2.12. The van der Waals surface area contributed by atoms with Gasteiger partial charge >= 0.3 is 0 Å². The molecule has 0 spiro atoms. The summed E-state index contributed by atoms with van der Waals surface area (Å²) < 4.78 is 2.21. The van der Waals surface area contributed by atoms with E-state index in [2.05, 4.69) is 29.6 Å². The zero-order valence-corrected chi connectivity index (χ0v) is 10.9. The molecule has 1 atom stereocenters. The van der Waals surface area contributed by atoms with Crippen molar-refractivity contribution in [1.82, 2.24) is 9.55 Å². The molecule has 1 heterocycles. The van der Waals surface area contributed by atoms with Gasteiger partial charge in [0.15, 0.2) is 0 Å². The van der Waals surface area contributed by atoms with Crippen molar-refractivity contribution >= 4 is 0 Å². The van der Waals surface area contributed by atoms with E-state index in [1.165, 1.54) is 51.4 Å². The second-order valence-electron chi connectivity index (χ2n) is 4.77. The van der Waals surface area contributed by atoms with Crippen molar-refractivity contribution in [2.45, 2.75) is 71.3 Å². The quantitative estimate of drug-likeness (QED) is 0.559. The molecule has 92 valence electrons. The average molecular weight is 222 g/mol. The number of unbranched alkanes of at least 4 members (excludes halogenated alkanes) is 6. The smallest absolute Gasteiger partial charge is 0.0948 e. The van der Waals surface area contributed by atoms with Crippen molar-refractivity contribution < 1.29 is 0 Å². The van der Waals surface area contributed by atoms with Gasteiger partial charge in [-0.25, -0.2) is 4.98 Å². The zero-order valence-electron chi connectivity index (χ0n) is 10.9. The van der Waals surface area contributed by atoms with Crippen LogP contribution in [0.2, 0.25) is 0 Å². The van der Waals surface area contributed by atoms with Gasteiger partial charge < -0.3 is 4.57 Å². The monoisotopic (exact) mass is 222 g/mol. The van der Waals surface area contributed by atoms with Crippen molar-refractivity contribution in [3.63, 3.8) is 0 Å². The third kappa shape index (κ3) is 5.34. The van der Waals surface area contributed by atoms with Crippen molar-refractivity contribution in [3.8, 4) is 0 Å². The fourth-order valence-corrected chi connectivity index (χ4v) is 2.08. The molecule has 0 N–H and O–H groups in total. The summed E-state index contributed by atoms with van der Waals surface area (Å²) >= 11 is 0. The summed E-state index contributed by atoms with van der Waals surface area (Å²) in [6.45, 7) is 4.55. The molecule has 1 aromatic rings. The van der Waals surface area contributed by atoms with Crippen LogP contribution in [0.1, 0.15) is 71.3 Å². The maximum atomic E-state index is 4.08. The highest BCUT2D eigenvalue weighted by Gasteiger charge is 2.02. The van der Waals surface area contributed by atoms with E-state index in [4.69, 9.17) is 0 Å². The third-order valence-corrected chi connectivity index (χ3v) is 3.26. The van der Waals surface area contributed by atoms with Crippen molar-refractivity contribution in [2.24, 2.45) is 0 Å². The van der Waals surface area contributed by atoms with Crippen LogP contribution < -0.4 is 0 Å². The highest BCUT2D eigenvalue weighted by atomic mass is 15.0. The molecule has 0 aromatic carbocycles. The second-order valence-corrected chi connectivity index (χ2v) is 4.77. The van der Waals surface area contributed by atoms with Gasteiger partial charge in [0.2, 0.25) is 0 Å².